The number of phenols is 1. The molecule has 0 bridgehead atoms. The van der Waals surface area contributed by atoms with E-state index >= 15 is 0 Å². The lowest BCUT2D eigenvalue weighted by Gasteiger charge is -2.50. The molecule has 42 heavy (non-hydrogen) atoms. The minimum absolute atomic E-state index is 0.0312. The van der Waals surface area contributed by atoms with E-state index in [0.29, 0.717) is 11.3 Å². The number of amides is 2. The standard InChI is InChI=1S/C28H37N5O9/c1-11(2)30-10-17(34)31-42-16-9-15(32(3)4)13-7-12-8-14-21(33(5)6)24(37)20(27(29)40)26(39)28(14,41)25(38)18(12)23(36)19(13)22(16)35/h9,11-12,14,21,30,35-36,39,41H,7-8,10H2,1-6H3,(H2,29,40)(H,31,34)/t12?,14?,21-,28-/m0/s1. The predicted molar refractivity (Wildman–Crippen MR) is 150 cm³/mol. The highest BCUT2D eigenvalue weighted by atomic mass is 16.7. The van der Waals surface area contributed by atoms with Crippen molar-refractivity contribution in [2.45, 2.75) is 44.4 Å². The summed E-state index contributed by atoms with van der Waals surface area (Å²) < 4.78 is 0. The molecule has 2 amide bonds. The van der Waals surface area contributed by atoms with Crippen LogP contribution in [0.15, 0.2) is 23.0 Å². The molecule has 228 valence electrons. The van der Waals surface area contributed by atoms with Gasteiger partial charge in [0.15, 0.2) is 22.9 Å². The minimum atomic E-state index is -2.74. The fourth-order valence-corrected chi connectivity index (χ4v) is 6.19. The maximum Gasteiger partial charge on any atom is 0.266 e. The van der Waals surface area contributed by atoms with Crippen molar-refractivity contribution >= 4 is 34.8 Å². The van der Waals surface area contributed by atoms with Crippen molar-refractivity contribution in [2.24, 2.45) is 17.6 Å². The summed E-state index contributed by atoms with van der Waals surface area (Å²) in [4.78, 5) is 60.1. The van der Waals surface area contributed by atoms with Gasteiger partial charge in [0.05, 0.1) is 18.2 Å². The summed E-state index contributed by atoms with van der Waals surface area (Å²) in [5, 5.41) is 48.3. The molecule has 0 saturated heterocycles. The normalized spacial score (nSPS) is 25.3. The molecule has 4 atom stereocenters. The number of phenolic OH excluding ortho intramolecular Hbond substituents is 1. The van der Waals surface area contributed by atoms with Gasteiger partial charge < -0.3 is 41.2 Å². The highest BCUT2D eigenvalue weighted by Gasteiger charge is 2.64. The molecule has 14 heteroatoms. The number of carbonyl (C=O) groups excluding carboxylic acids is 4. The maximum absolute atomic E-state index is 14.0. The van der Waals surface area contributed by atoms with Gasteiger partial charge in [-0.05, 0) is 38.4 Å². The quantitative estimate of drug-likeness (QED) is 0.151. The first-order valence-electron chi connectivity index (χ1n) is 13.4. The summed E-state index contributed by atoms with van der Waals surface area (Å²) in [7, 11) is 6.51. The number of benzene rings is 1. The number of Topliss-reactive ketones (excluding diaryl/α,β-unsaturated/α-hetero) is 2. The number of aliphatic hydroxyl groups excluding tert-OH is 2. The molecule has 8 N–H and O–H groups in total. The van der Waals surface area contributed by atoms with Gasteiger partial charge in [-0.3, -0.25) is 24.1 Å². The van der Waals surface area contributed by atoms with E-state index in [4.69, 9.17) is 10.6 Å². The molecule has 0 radical (unpaired) electrons. The van der Waals surface area contributed by atoms with E-state index < -0.39 is 69.7 Å². The van der Waals surface area contributed by atoms with Crippen LogP contribution in [0.3, 0.4) is 0 Å². The number of nitrogens with one attached hydrogen (secondary N) is 2. The molecule has 0 heterocycles. The third-order valence-electron chi connectivity index (χ3n) is 8.09. The number of anilines is 1. The number of rotatable bonds is 8. The van der Waals surface area contributed by atoms with Gasteiger partial charge in [-0.2, -0.15) is 5.48 Å². The van der Waals surface area contributed by atoms with Gasteiger partial charge in [-0.1, -0.05) is 13.8 Å². The number of hydrogen-bond donors (Lipinski definition) is 7. The Morgan fingerprint density at radius 3 is 2.36 bits per heavy atom. The number of nitrogens with two attached hydrogens (primary N) is 1. The Labute approximate surface area is 242 Å². The van der Waals surface area contributed by atoms with Crippen LogP contribution in [0.25, 0.3) is 5.76 Å². The zero-order valence-corrected chi connectivity index (χ0v) is 24.3. The second-order valence-electron chi connectivity index (χ2n) is 11.6. The number of hydrogen-bond acceptors (Lipinski definition) is 12. The van der Waals surface area contributed by atoms with Gasteiger partial charge in [0.1, 0.15) is 17.1 Å². The monoisotopic (exact) mass is 587 g/mol. The number of aromatic hydroxyl groups is 1. The van der Waals surface area contributed by atoms with E-state index in [2.05, 4.69) is 10.8 Å². The van der Waals surface area contributed by atoms with Gasteiger partial charge in [0, 0.05) is 43.4 Å². The number of primary amides is 1. The van der Waals surface area contributed by atoms with Gasteiger partial charge in [0.2, 0.25) is 5.78 Å². The SMILES string of the molecule is CC(C)NCC(=O)NOc1cc(N(C)C)c2c(c1O)C(O)=C1C(=O)[C@]3(O)C(O)=C(C(N)=O)C(=O)[C@@H](N(C)C)C3CC1C2. The van der Waals surface area contributed by atoms with Crippen LogP contribution < -0.4 is 26.3 Å². The highest BCUT2D eigenvalue weighted by Crippen LogP contribution is 2.54. The molecule has 2 unspecified atom stereocenters. The lowest BCUT2D eigenvalue weighted by atomic mass is 9.57. The van der Waals surface area contributed by atoms with Crippen LogP contribution in [0.2, 0.25) is 0 Å². The number of hydroxylamine groups is 1. The highest BCUT2D eigenvalue weighted by molar-refractivity contribution is 6.24. The van der Waals surface area contributed by atoms with Crippen LogP contribution >= 0.6 is 0 Å². The summed E-state index contributed by atoms with van der Waals surface area (Å²) in [5.74, 6) is -8.27. The van der Waals surface area contributed by atoms with Gasteiger partial charge in [0.25, 0.3) is 11.8 Å². The fraction of sp³-hybridized carbons (Fsp3) is 0.500. The lowest BCUT2D eigenvalue weighted by Crippen LogP contribution is -2.65. The van der Waals surface area contributed by atoms with E-state index in [0.717, 1.165) is 0 Å². The summed E-state index contributed by atoms with van der Waals surface area (Å²) in [6.45, 7) is 3.66. The first-order valence-corrected chi connectivity index (χ1v) is 13.4. The van der Waals surface area contributed by atoms with E-state index in [-0.39, 0.29) is 42.3 Å². The van der Waals surface area contributed by atoms with Gasteiger partial charge >= 0.3 is 0 Å². The van der Waals surface area contributed by atoms with Crippen molar-refractivity contribution in [1.29, 1.82) is 0 Å². The van der Waals surface area contributed by atoms with Gasteiger partial charge in [-0.25, -0.2) is 0 Å². The molecule has 1 fully saturated rings. The Morgan fingerprint density at radius 2 is 1.81 bits per heavy atom. The van der Waals surface area contributed by atoms with Crippen molar-refractivity contribution < 1.29 is 44.4 Å². The van der Waals surface area contributed by atoms with Crippen LogP contribution in [0.4, 0.5) is 5.69 Å². The van der Waals surface area contributed by atoms with Crippen molar-refractivity contribution in [2.75, 3.05) is 39.6 Å². The van der Waals surface area contributed by atoms with E-state index in [9.17, 15) is 39.6 Å². The zero-order valence-electron chi connectivity index (χ0n) is 24.3. The number of nitrogens with zero attached hydrogens (tertiary/aromatic N) is 2. The summed E-state index contributed by atoms with van der Waals surface area (Å²) >= 11 is 0. The second kappa shape index (κ2) is 10.9. The number of ketones is 2. The van der Waals surface area contributed by atoms with Crippen molar-refractivity contribution in [1.82, 2.24) is 15.7 Å². The van der Waals surface area contributed by atoms with Crippen LogP contribution in [0.1, 0.15) is 31.4 Å². The third-order valence-corrected chi connectivity index (χ3v) is 8.09. The Kier molecular flexibility index (Phi) is 8.02. The number of carbonyl (C=O) groups is 4. The summed E-state index contributed by atoms with van der Waals surface area (Å²) in [5.41, 5.74) is 4.50. The Morgan fingerprint density at radius 1 is 1.17 bits per heavy atom. The number of fused-ring (bicyclic) bond motifs is 3. The van der Waals surface area contributed by atoms with Crippen molar-refractivity contribution in [3.8, 4) is 11.5 Å². The van der Waals surface area contributed by atoms with Crippen molar-refractivity contribution in [3.05, 3.63) is 34.1 Å². The molecular weight excluding hydrogens is 550 g/mol. The minimum Gasteiger partial charge on any atom is -0.508 e. The smallest absolute Gasteiger partial charge is 0.266 e. The van der Waals surface area contributed by atoms with Crippen LogP contribution in [-0.4, -0.2) is 101 Å². The van der Waals surface area contributed by atoms with Crippen LogP contribution in [0.5, 0.6) is 11.5 Å². The molecule has 14 nitrogen and oxygen atoms in total. The molecule has 3 aliphatic carbocycles. The molecule has 4 rings (SSSR count). The van der Waals surface area contributed by atoms with E-state index in [1.807, 2.05) is 13.8 Å². The molecule has 3 aliphatic rings. The third kappa shape index (κ3) is 4.74. The van der Waals surface area contributed by atoms with E-state index in [1.165, 1.54) is 25.1 Å². The molecule has 0 spiro atoms. The maximum atomic E-state index is 14.0. The number of aliphatic hydroxyl groups is 3. The summed E-state index contributed by atoms with van der Waals surface area (Å²) in [6, 6.07) is 0.342. The molecule has 1 saturated carbocycles. The van der Waals surface area contributed by atoms with Crippen LogP contribution in [-0.2, 0) is 25.6 Å². The lowest BCUT2D eigenvalue weighted by molar-refractivity contribution is -0.153. The van der Waals surface area contributed by atoms with Gasteiger partial charge in [-0.15, -0.1) is 0 Å². The zero-order chi connectivity index (χ0) is 31.4. The van der Waals surface area contributed by atoms with Crippen molar-refractivity contribution in [3.63, 3.8) is 0 Å². The molecule has 0 aromatic heterocycles. The first-order chi connectivity index (χ1) is 19.5. The predicted octanol–water partition coefficient (Wildman–Crippen LogP) is -0.562. The molecule has 1 aromatic carbocycles. The molecular formula is C28H37N5O9. The number of likely N-dealkylation sites (N-methyl/N-ethyl adjacent to an activating group) is 1. The average molecular weight is 588 g/mol. The largest absolute Gasteiger partial charge is 0.508 e. The topological polar surface area (TPSA) is 215 Å². The Bertz CT molecular complexity index is 1430. The van der Waals surface area contributed by atoms with E-state index in [1.54, 1.807) is 19.0 Å². The average Bonchev–Trinajstić information content (AvgIpc) is 2.88. The fourth-order valence-electron chi connectivity index (χ4n) is 6.19. The molecule has 0 aliphatic heterocycles. The summed E-state index contributed by atoms with van der Waals surface area (Å²) in [6.07, 6.45) is 0.0805. The Balaban J connectivity index is 1.86. The first kappa shape index (κ1) is 30.8. The molecule has 1 aromatic rings. The Hall–Kier alpha value is -4.14. The second-order valence-corrected chi connectivity index (χ2v) is 11.6. The van der Waals surface area contributed by atoms with Crippen LogP contribution in [0, 0.1) is 11.8 Å².